The van der Waals surface area contributed by atoms with Gasteiger partial charge in [-0.2, -0.15) is 0 Å². The van der Waals surface area contributed by atoms with Crippen molar-refractivity contribution in [3.63, 3.8) is 0 Å². The van der Waals surface area contributed by atoms with E-state index in [1.54, 1.807) is 15.5 Å². The largest absolute Gasteiger partial charge is 0.347 e. The van der Waals surface area contributed by atoms with Gasteiger partial charge in [0.15, 0.2) is 11.5 Å². The molecule has 8 heteroatoms. The van der Waals surface area contributed by atoms with Gasteiger partial charge in [-0.25, -0.2) is 4.98 Å². The summed E-state index contributed by atoms with van der Waals surface area (Å²) in [6, 6.07) is 5.46. The van der Waals surface area contributed by atoms with Gasteiger partial charge in [0.1, 0.15) is 0 Å². The number of nitrogens with one attached hydrogen (secondary N) is 1. The van der Waals surface area contributed by atoms with E-state index in [-0.39, 0.29) is 17.6 Å². The topological polar surface area (TPSA) is 85.2 Å². The number of nitrogens with zero attached hydrogens (tertiary/aromatic N) is 3. The van der Waals surface area contributed by atoms with Crippen LogP contribution in [0.4, 0.5) is 0 Å². The Bertz CT molecular complexity index is 899. The van der Waals surface area contributed by atoms with Gasteiger partial charge in [-0.1, -0.05) is 6.07 Å². The molecular weight excluding hydrogens is 360 g/mol. The van der Waals surface area contributed by atoms with E-state index in [0.717, 1.165) is 0 Å². The second-order valence-corrected chi connectivity index (χ2v) is 8.34. The molecule has 0 aromatic carbocycles. The first kappa shape index (κ1) is 18.9. The molecule has 1 spiro atoms. The number of amides is 2. The standard InChI is InChI=1S/C20H26N4O4/c1-19(2,3)22-17(25)16-21-15(14-6-4-5-9-24(14)16)18(26)23-10-7-20(8-11-23)27-12-13-28-20/h4-6,9H,7-8,10-13H2,1-3H3,(H,22,25). The van der Waals surface area contributed by atoms with E-state index in [0.29, 0.717) is 50.4 Å². The van der Waals surface area contributed by atoms with Crippen molar-refractivity contribution in [2.75, 3.05) is 26.3 Å². The molecule has 2 aliphatic rings. The van der Waals surface area contributed by atoms with Crippen molar-refractivity contribution >= 4 is 17.3 Å². The molecule has 0 unspecified atom stereocenters. The zero-order chi connectivity index (χ0) is 19.9. The van der Waals surface area contributed by atoms with Crippen LogP contribution in [0.5, 0.6) is 0 Å². The lowest BCUT2D eigenvalue weighted by molar-refractivity contribution is -0.181. The summed E-state index contributed by atoms with van der Waals surface area (Å²) >= 11 is 0. The maximum absolute atomic E-state index is 13.2. The average molecular weight is 386 g/mol. The SMILES string of the molecule is CC(C)(C)NC(=O)c1nc(C(=O)N2CCC3(CC2)OCCO3)c2ccccn12. The van der Waals surface area contributed by atoms with Crippen molar-refractivity contribution in [3.8, 4) is 0 Å². The Morgan fingerprint density at radius 1 is 1.14 bits per heavy atom. The van der Waals surface area contributed by atoms with E-state index >= 15 is 0 Å². The van der Waals surface area contributed by atoms with Crippen LogP contribution in [0.15, 0.2) is 24.4 Å². The number of piperidine rings is 1. The predicted octanol–water partition coefficient (Wildman–Crippen LogP) is 1.84. The highest BCUT2D eigenvalue weighted by Crippen LogP contribution is 2.32. The van der Waals surface area contributed by atoms with Crippen LogP contribution in [0, 0.1) is 0 Å². The van der Waals surface area contributed by atoms with Gasteiger partial charge in [0.25, 0.3) is 11.8 Å². The summed E-state index contributed by atoms with van der Waals surface area (Å²) in [4.78, 5) is 32.1. The summed E-state index contributed by atoms with van der Waals surface area (Å²) in [5.41, 5.74) is 0.522. The van der Waals surface area contributed by atoms with Crippen LogP contribution in [0.1, 0.15) is 54.7 Å². The number of hydrogen-bond acceptors (Lipinski definition) is 5. The highest BCUT2D eigenvalue weighted by molar-refractivity contribution is 6.02. The van der Waals surface area contributed by atoms with E-state index in [9.17, 15) is 9.59 Å². The van der Waals surface area contributed by atoms with Crippen molar-refractivity contribution in [1.29, 1.82) is 0 Å². The summed E-state index contributed by atoms with van der Waals surface area (Å²) in [6.45, 7) is 8.00. The fourth-order valence-corrected chi connectivity index (χ4v) is 3.74. The third kappa shape index (κ3) is 3.49. The van der Waals surface area contributed by atoms with Gasteiger partial charge in [0.2, 0.25) is 5.82 Å². The van der Waals surface area contributed by atoms with E-state index in [4.69, 9.17) is 9.47 Å². The molecule has 8 nitrogen and oxygen atoms in total. The number of pyridine rings is 1. The molecule has 28 heavy (non-hydrogen) atoms. The molecule has 2 aliphatic heterocycles. The molecule has 2 aromatic rings. The van der Waals surface area contributed by atoms with Gasteiger partial charge >= 0.3 is 0 Å². The number of aromatic nitrogens is 2. The zero-order valence-corrected chi connectivity index (χ0v) is 16.5. The fourth-order valence-electron chi connectivity index (χ4n) is 3.74. The molecule has 1 N–H and O–H groups in total. The van der Waals surface area contributed by atoms with Gasteiger partial charge in [0.05, 0.1) is 18.7 Å². The number of imidazole rings is 1. The van der Waals surface area contributed by atoms with Gasteiger partial charge in [0, 0.05) is 37.7 Å². The summed E-state index contributed by atoms with van der Waals surface area (Å²) in [6.07, 6.45) is 3.03. The Kier molecular flexibility index (Phi) is 4.63. The molecule has 4 heterocycles. The number of carbonyl (C=O) groups is 2. The number of likely N-dealkylation sites (tertiary alicyclic amines) is 1. The smallest absolute Gasteiger partial charge is 0.288 e. The Morgan fingerprint density at radius 3 is 2.46 bits per heavy atom. The summed E-state index contributed by atoms with van der Waals surface area (Å²) in [5, 5.41) is 2.91. The minimum Gasteiger partial charge on any atom is -0.347 e. The molecule has 2 amide bonds. The highest BCUT2D eigenvalue weighted by Gasteiger charge is 2.41. The molecule has 4 rings (SSSR count). The van der Waals surface area contributed by atoms with Crippen LogP contribution in [0.3, 0.4) is 0 Å². The van der Waals surface area contributed by atoms with Gasteiger partial charge in [-0.15, -0.1) is 0 Å². The van der Waals surface area contributed by atoms with Crippen molar-refractivity contribution in [2.45, 2.75) is 44.9 Å². The lowest BCUT2D eigenvalue weighted by Crippen LogP contribution is -2.47. The van der Waals surface area contributed by atoms with Crippen LogP contribution in [-0.2, 0) is 9.47 Å². The maximum atomic E-state index is 13.2. The van der Waals surface area contributed by atoms with Gasteiger partial charge < -0.3 is 19.7 Å². The quantitative estimate of drug-likeness (QED) is 0.851. The van der Waals surface area contributed by atoms with Crippen molar-refractivity contribution in [1.82, 2.24) is 19.6 Å². The van der Waals surface area contributed by atoms with Crippen LogP contribution in [0.25, 0.3) is 5.52 Å². The van der Waals surface area contributed by atoms with Crippen molar-refractivity contribution < 1.29 is 19.1 Å². The normalized spacial score (nSPS) is 19.3. The van der Waals surface area contributed by atoms with Gasteiger partial charge in [-0.05, 0) is 32.9 Å². The number of hydrogen-bond donors (Lipinski definition) is 1. The predicted molar refractivity (Wildman–Crippen MR) is 102 cm³/mol. The molecule has 2 saturated heterocycles. The van der Waals surface area contributed by atoms with Crippen LogP contribution in [0.2, 0.25) is 0 Å². The second kappa shape index (κ2) is 6.86. The van der Waals surface area contributed by atoms with Crippen molar-refractivity contribution in [2.24, 2.45) is 0 Å². The minimum atomic E-state index is -0.537. The third-order valence-electron chi connectivity index (χ3n) is 5.07. The summed E-state index contributed by atoms with van der Waals surface area (Å²) in [5.74, 6) is -0.806. The Hall–Kier alpha value is -2.45. The van der Waals surface area contributed by atoms with E-state index in [2.05, 4.69) is 10.3 Å². The Morgan fingerprint density at radius 2 is 1.82 bits per heavy atom. The van der Waals surface area contributed by atoms with Crippen LogP contribution < -0.4 is 5.32 Å². The van der Waals surface area contributed by atoms with Crippen LogP contribution in [-0.4, -0.2) is 63.7 Å². The first-order valence-corrected chi connectivity index (χ1v) is 9.65. The Balaban J connectivity index is 1.60. The lowest BCUT2D eigenvalue weighted by Gasteiger charge is -2.37. The third-order valence-corrected chi connectivity index (χ3v) is 5.07. The highest BCUT2D eigenvalue weighted by atomic mass is 16.7. The summed E-state index contributed by atoms with van der Waals surface area (Å²) < 4.78 is 13.1. The molecule has 0 aliphatic carbocycles. The zero-order valence-electron chi connectivity index (χ0n) is 16.5. The van der Waals surface area contributed by atoms with E-state index in [1.165, 1.54) is 0 Å². The van der Waals surface area contributed by atoms with E-state index < -0.39 is 11.3 Å². The average Bonchev–Trinajstić information content (AvgIpc) is 3.25. The molecule has 2 aromatic heterocycles. The number of carbonyl (C=O) groups excluding carboxylic acids is 2. The molecule has 0 bridgehead atoms. The maximum Gasteiger partial charge on any atom is 0.288 e. The second-order valence-electron chi connectivity index (χ2n) is 8.34. The first-order valence-electron chi connectivity index (χ1n) is 9.65. The van der Waals surface area contributed by atoms with E-state index in [1.807, 2.05) is 39.0 Å². The fraction of sp³-hybridized carbons (Fsp3) is 0.550. The molecular formula is C20H26N4O4. The number of fused-ring (bicyclic) bond motifs is 1. The minimum absolute atomic E-state index is 0.175. The van der Waals surface area contributed by atoms with Gasteiger partial charge in [-0.3, -0.25) is 14.0 Å². The molecule has 150 valence electrons. The lowest BCUT2D eigenvalue weighted by atomic mass is 10.0. The summed E-state index contributed by atoms with van der Waals surface area (Å²) in [7, 11) is 0. The van der Waals surface area contributed by atoms with Crippen molar-refractivity contribution in [3.05, 3.63) is 35.9 Å². The molecule has 2 fully saturated rings. The Labute approximate surface area is 163 Å². The molecule has 0 radical (unpaired) electrons. The molecule has 0 saturated carbocycles. The first-order chi connectivity index (χ1) is 13.3. The number of ether oxygens (including phenoxy) is 2. The number of rotatable bonds is 2. The molecule has 0 atom stereocenters. The van der Waals surface area contributed by atoms with Crippen LogP contribution >= 0.6 is 0 Å². The monoisotopic (exact) mass is 386 g/mol.